The molecule has 1 rings (SSSR count). The SMILES string of the molecule is O=NOC(=O)c1ccccc1C(=O)O. The lowest BCUT2D eigenvalue weighted by Crippen LogP contribution is -2.08. The summed E-state index contributed by atoms with van der Waals surface area (Å²) >= 11 is 0. The van der Waals surface area contributed by atoms with Crippen molar-refractivity contribution < 1.29 is 19.5 Å². The first kappa shape index (κ1) is 9.85. The Balaban J connectivity index is 3.12. The number of carbonyl (C=O) groups excluding carboxylic acids is 1. The molecule has 0 aromatic heterocycles. The Morgan fingerprint density at radius 3 is 2.29 bits per heavy atom. The molecule has 0 aliphatic carbocycles. The summed E-state index contributed by atoms with van der Waals surface area (Å²) in [4.78, 5) is 35.0. The maximum absolute atomic E-state index is 11.0. The van der Waals surface area contributed by atoms with Gasteiger partial charge in [-0.05, 0) is 12.1 Å². The van der Waals surface area contributed by atoms with Gasteiger partial charge in [0.25, 0.3) is 0 Å². The Morgan fingerprint density at radius 2 is 1.79 bits per heavy atom. The molecule has 0 spiro atoms. The Bertz CT molecular complexity index is 387. The van der Waals surface area contributed by atoms with Crippen LogP contribution >= 0.6 is 0 Å². The summed E-state index contributed by atoms with van der Waals surface area (Å²) in [7, 11) is 0. The molecule has 0 atom stereocenters. The van der Waals surface area contributed by atoms with Crippen LogP contribution in [0, 0.1) is 4.91 Å². The minimum atomic E-state index is -1.27. The predicted molar refractivity (Wildman–Crippen MR) is 44.6 cm³/mol. The molecule has 0 amide bonds. The minimum Gasteiger partial charge on any atom is -0.478 e. The van der Waals surface area contributed by atoms with Gasteiger partial charge in [0, 0.05) is 0 Å². The van der Waals surface area contributed by atoms with Gasteiger partial charge in [-0.15, -0.1) is 4.91 Å². The van der Waals surface area contributed by atoms with Crippen molar-refractivity contribution in [2.75, 3.05) is 0 Å². The summed E-state index contributed by atoms with van der Waals surface area (Å²) in [5, 5.41) is 10.6. The first-order valence-corrected chi connectivity index (χ1v) is 3.53. The van der Waals surface area contributed by atoms with Gasteiger partial charge in [-0.1, -0.05) is 12.1 Å². The van der Waals surface area contributed by atoms with Crippen LogP contribution in [-0.2, 0) is 4.84 Å². The fourth-order valence-electron chi connectivity index (χ4n) is 0.931. The number of carboxylic acid groups (broad SMARTS) is 1. The van der Waals surface area contributed by atoms with Crippen LogP contribution in [0.5, 0.6) is 0 Å². The molecule has 1 N–H and O–H groups in total. The zero-order valence-electron chi connectivity index (χ0n) is 6.84. The van der Waals surface area contributed by atoms with E-state index in [9.17, 15) is 14.5 Å². The smallest absolute Gasteiger partial charge is 0.370 e. The third-order valence-corrected chi connectivity index (χ3v) is 1.50. The van der Waals surface area contributed by atoms with Gasteiger partial charge in [0.15, 0.2) is 5.34 Å². The lowest BCUT2D eigenvalue weighted by molar-refractivity contribution is 0.0497. The van der Waals surface area contributed by atoms with Crippen LogP contribution in [0.2, 0.25) is 0 Å². The monoisotopic (exact) mass is 195 g/mol. The maximum atomic E-state index is 11.0. The second-order valence-corrected chi connectivity index (χ2v) is 2.30. The minimum absolute atomic E-state index is 0.209. The number of nitrogens with zero attached hydrogens (tertiary/aromatic N) is 1. The zero-order valence-corrected chi connectivity index (χ0v) is 6.84. The van der Waals surface area contributed by atoms with E-state index in [1.807, 2.05) is 5.34 Å². The van der Waals surface area contributed by atoms with Gasteiger partial charge in [-0.2, -0.15) is 0 Å². The maximum Gasteiger partial charge on any atom is 0.370 e. The molecule has 0 aliphatic rings. The van der Waals surface area contributed by atoms with Crippen LogP contribution in [0.4, 0.5) is 0 Å². The number of carbonyl (C=O) groups is 2. The van der Waals surface area contributed by atoms with E-state index >= 15 is 0 Å². The van der Waals surface area contributed by atoms with Crippen LogP contribution in [0.1, 0.15) is 20.7 Å². The molecule has 0 saturated heterocycles. The summed E-state index contributed by atoms with van der Waals surface area (Å²) in [6, 6.07) is 5.36. The lowest BCUT2D eigenvalue weighted by Gasteiger charge is -2.00. The van der Waals surface area contributed by atoms with Crippen LogP contribution < -0.4 is 0 Å². The fourth-order valence-corrected chi connectivity index (χ4v) is 0.931. The lowest BCUT2D eigenvalue weighted by atomic mass is 10.1. The van der Waals surface area contributed by atoms with Crippen LogP contribution in [0.25, 0.3) is 0 Å². The molecule has 0 unspecified atom stereocenters. The number of benzene rings is 1. The molecule has 0 fully saturated rings. The van der Waals surface area contributed by atoms with Crippen LogP contribution in [-0.4, -0.2) is 17.0 Å². The summed E-state index contributed by atoms with van der Waals surface area (Å²) in [5.41, 5.74) is -0.444. The summed E-state index contributed by atoms with van der Waals surface area (Å²) < 4.78 is 0. The number of rotatable bonds is 3. The van der Waals surface area contributed by atoms with Gasteiger partial charge >= 0.3 is 11.9 Å². The van der Waals surface area contributed by atoms with E-state index in [1.54, 1.807) is 0 Å². The molecule has 0 saturated carbocycles. The van der Waals surface area contributed by atoms with Crippen molar-refractivity contribution in [1.82, 2.24) is 0 Å². The van der Waals surface area contributed by atoms with E-state index in [4.69, 9.17) is 5.11 Å². The third kappa shape index (κ3) is 1.92. The third-order valence-electron chi connectivity index (χ3n) is 1.50. The molecule has 72 valence electrons. The number of aromatic carboxylic acids is 1. The summed E-state index contributed by atoms with van der Waals surface area (Å²) in [6.07, 6.45) is 0. The first-order valence-electron chi connectivity index (χ1n) is 3.53. The van der Waals surface area contributed by atoms with E-state index in [-0.39, 0.29) is 11.1 Å². The quantitative estimate of drug-likeness (QED) is 0.578. The second-order valence-electron chi connectivity index (χ2n) is 2.30. The predicted octanol–water partition coefficient (Wildman–Crippen LogP) is 1.22. The van der Waals surface area contributed by atoms with E-state index in [2.05, 4.69) is 4.84 Å². The Hall–Kier alpha value is -2.24. The number of hydrogen-bond acceptors (Lipinski definition) is 5. The van der Waals surface area contributed by atoms with Gasteiger partial charge < -0.3 is 5.11 Å². The Labute approximate surface area is 78.0 Å². The van der Waals surface area contributed by atoms with Gasteiger partial charge in [-0.3, -0.25) is 4.84 Å². The van der Waals surface area contributed by atoms with E-state index in [1.165, 1.54) is 24.3 Å². The highest BCUT2D eigenvalue weighted by Crippen LogP contribution is 2.10. The topological polar surface area (TPSA) is 93.0 Å². The molecule has 0 heterocycles. The molecule has 0 bridgehead atoms. The second kappa shape index (κ2) is 4.13. The highest BCUT2D eigenvalue weighted by molar-refractivity contribution is 6.02. The summed E-state index contributed by atoms with van der Waals surface area (Å²) in [5.74, 6) is -2.36. The van der Waals surface area contributed by atoms with E-state index in [0.717, 1.165) is 0 Å². The molecular formula is C8H5NO5. The van der Waals surface area contributed by atoms with Crippen molar-refractivity contribution in [2.24, 2.45) is 5.34 Å². The van der Waals surface area contributed by atoms with Gasteiger partial charge in [0.05, 0.1) is 11.1 Å². The molecule has 1 aromatic carbocycles. The van der Waals surface area contributed by atoms with Gasteiger partial charge in [0.2, 0.25) is 0 Å². The van der Waals surface area contributed by atoms with E-state index < -0.39 is 11.9 Å². The summed E-state index contributed by atoms with van der Waals surface area (Å²) in [6.45, 7) is 0. The molecule has 0 aliphatic heterocycles. The first-order chi connectivity index (χ1) is 6.66. The molecule has 6 nitrogen and oxygen atoms in total. The molecule has 14 heavy (non-hydrogen) atoms. The number of hydrogen-bond donors (Lipinski definition) is 1. The van der Waals surface area contributed by atoms with Crippen LogP contribution in [0.15, 0.2) is 29.6 Å². The molecule has 6 heteroatoms. The zero-order chi connectivity index (χ0) is 10.6. The van der Waals surface area contributed by atoms with Gasteiger partial charge in [0.1, 0.15) is 0 Å². The van der Waals surface area contributed by atoms with E-state index in [0.29, 0.717) is 0 Å². The fraction of sp³-hybridized carbons (Fsp3) is 0. The van der Waals surface area contributed by atoms with Crippen molar-refractivity contribution in [3.63, 3.8) is 0 Å². The van der Waals surface area contributed by atoms with Gasteiger partial charge in [-0.25, -0.2) is 9.59 Å². The largest absolute Gasteiger partial charge is 0.478 e. The number of carboxylic acids is 1. The molecular weight excluding hydrogens is 190 g/mol. The van der Waals surface area contributed by atoms with Crippen molar-refractivity contribution in [2.45, 2.75) is 0 Å². The molecule has 0 radical (unpaired) electrons. The average Bonchev–Trinajstić information content (AvgIpc) is 2.18. The highest BCUT2D eigenvalue weighted by Gasteiger charge is 2.17. The average molecular weight is 195 g/mol. The Morgan fingerprint density at radius 1 is 1.21 bits per heavy atom. The molecule has 1 aromatic rings. The van der Waals surface area contributed by atoms with Crippen molar-refractivity contribution in [3.8, 4) is 0 Å². The van der Waals surface area contributed by atoms with Crippen molar-refractivity contribution >= 4 is 11.9 Å². The highest BCUT2D eigenvalue weighted by atomic mass is 16.7. The van der Waals surface area contributed by atoms with Crippen LogP contribution in [0.3, 0.4) is 0 Å². The Kier molecular flexibility index (Phi) is 2.90. The standard InChI is InChI=1S/C8H5NO5/c10-7(11)5-3-1-2-4-6(5)8(12)14-9-13/h1-4H,(H,10,11). The normalized spacial score (nSPS) is 9.14. The van der Waals surface area contributed by atoms with Crippen molar-refractivity contribution in [3.05, 3.63) is 40.3 Å². The van der Waals surface area contributed by atoms with Crippen molar-refractivity contribution in [1.29, 1.82) is 0 Å².